The standard InChI is InChI=1S/C28H43NO2/c1-2-3-4-5-6-7-8-9-10-11-12-13-14-15-16-17-18-19-23-29-24-22-26-20-21-27(30)28(31)25-26/h6-7,9-10,12-13,15-16,20-21,25,29-31H,2-5,8,11,14,17-19,22-24H2,1H3. The number of phenols is 2. The lowest BCUT2D eigenvalue weighted by molar-refractivity contribution is 0.403. The third-order valence-corrected chi connectivity index (χ3v) is 5.06. The Hall–Kier alpha value is -2.26. The van der Waals surface area contributed by atoms with Crippen molar-refractivity contribution >= 4 is 0 Å². The summed E-state index contributed by atoms with van der Waals surface area (Å²) in [5, 5.41) is 22.2. The van der Waals surface area contributed by atoms with Gasteiger partial charge in [-0.25, -0.2) is 0 Å². The predicted octanol–water partition coefficient (Wildman–Crippen LogP) is 7.38. The number of rotatable bonds is 18. The predicted molar refractivity (Wildman–Crippen MR) is 135 cm³/mol. The topological polar surface area (TPSA) is 52.5 Å². The van der Waals surface area contributed by atoms with Crippen molar-refractivity contribution in [3.05, 3.63) is 72.4 Å². The number of nitrogens with one attached hydrogen (secondary N) is 1. The minimum Gasteiger partial charge on any atom is -0.504 e. The smallest absolute Gasteiger partial charge is 0.157 e. The van der Waals surface area contributed by atoms with Crippen LogP contribution in [-0.2, 0) is 6.42 Å². The highest BCUT2D eigenvalue weighted by atomic mass is 16.3. The zero-order valence-corrected chi connectivity index (χ0v) is 19.4. The van der Waals surface area contributed by atoms with Crippen LogP contribution in [0, 0.1) is 0 Å². The van der Waals surface area contributed by atoms with Gasteiger partial charge in [0.2, 0.25) is 0 Å². The normalized spacial score (nSPS) is 12.3. The van der Waals surface area contributed by atoms with E-state index in [4.69, 9.17) is 0 Å². The molecule has 0 amide bonds. The van der Waals surface area contributed by atoms with Crippen LogP contribution in [0.25, 0.3) is 0 Å². The van der Waals surface area contributed by atoms with E-state index in [0.717, 1.165) is 50.8 Å². The van der Waals surface area contributed by atoms with Crippen molar-refractivity contribution in [3.63, 3.8) is 0 Å². The van der Waals surface area contributed by atoms with Crippen molar-refractivity contribution in [2.45, 2.75) is 77.6 Å². The Balaban J connectivity index is 1.89. The van der Waals surface area contributed by atoms with Gasteiger partial charge < -0.3 is 15.5 Å². The summed E-state index contributed by atoms with van der Waals surface area (Å²) in [7, 11) is 0. The average molecular weight is 426 g/mol. The van der Waals surface area contributed by atoms with Gasteiger partial charge in [0.15, 0.2) is 11.5 Å². The summed E-state index contributed by atoms with van der Waals surface area (Å²) >= 11 is 0. The van der Waals surface area contributed by atoms with Crippen molar-refractivity contribution in [1.82, 2.24) is 5.32 Å². The van der Waals surface area contributed by atoms with Crippen LogP contribution >= 0.6 is 0 Å². The third kappa shape index (κ3) is 16.1. The summed E-state index contributed by atoms with van der Waals surface area (Å²) in [6.45, 7) is 4.14. The third-order valence-electron chi connectivity index (χ3n) is 5.06. The van der Waals surface area contributed by atoms with Gasteiger partial charge in [-0.15, -0.1) is 0 Å². The molecule has 31 heavy (non-hydrogen) atoms. The van der Waals surface area contributed by atoms with Gasteiger partial charge in [0.25, 0.3) is 0 Å². The second-order valence-corrected chi connectivity index (χ2v) is 7.91. The summed E-state index contributed by atoms with van der Waals surface area (Å²) in [6.07, 6.45) is 30.7. The number of unbranched alkanes of at least 4 members (excludes halogenated alkanes) is 5. The highest BCUT2D eigenvalue weighted by molar-refractivity contribution is 5.40. The molecule has 1 aromatic rings. The number of hydrogen-bond donors (Lipinski definition) is 3. The van der Waals surface area contributed by atoms with Crippen LogP contribution in [-0.4, -0.2) is 23.3 Å². The summed E-state index contributed by atoms with van der Waals surface area (Å²) in [5.74, 6) is -0.106. The highest BCUT2D eigenvalue weighted by Crippen LogP contribution is 2.24. The molecule has 0 spiro atoms. The summed E-state index contributed by atoms with van der Waals surface area (Å²) in [4.78, 5) is 0. The van der Waals surface area contributed by atoms with Crippen molar-refractivity contribution in [1.29, 1.82) is 0 Å². The summed E-state index contributed by atoms with van der Waals surface area (Å²) in [5.41, 5.74) is 1.03. The minimum absolute atomic E-state index is 0.0449. The second kappa shape index (κ2) is 19.7. The largest absolute Gasteiger partial charge is 0.504 e. The van der Waals surface area contributed by atoms with E-state index < -0.39 is 0 Å². The number of benzene rings is 1. The van der Waals surface area contributed by atoms with Crippen LogP contribution in [0.2, 0.25) is 0 Å². The van der Waals surface area contributed by atoms with Crippen LogP contribution < -0.4 is 5.32 Å². The Labute approximate surface area is 190 Å². The van der Waals surface area contributed by atoms with Gasteiger partial charge >= 0.3 is 0 Å². The number of hydrogen-bond acceptors (Lipinski definition) is 3. The molecule has 3 nitrogen and oxygen atoms in total. The second-order valence-electron chi connectivity index (χ2n) is 7.91. The fraction of sp³-hybridized carbons (Fsp3) is 0.500. The molecule has 0 fully saturated rings. The molecule has 0 aliphatic carbocycles. The Bertz CT molecular complexity index is 674. The van der Waals surface area contributed by atoms with Gasteiger partial charge in [0, 0.05) is 0 Å². The fourth-order valence-electron chi connectivity index (χ4n) is 3.16. The number of phenolic OH excluding ortho intramolecular Hbond substituents is 2. The Morgan fingerprint density at radius 3 is 1.84 bits per heavy atom. The average Bonchev–Trinajstić information content (AvgIpc) is 2.77. The quantitative estimate of drug-likeness (QED) is 0.131. The van der Waals surface area contributed by atoms with E-state index >= 15 is 0 Å². The van der Waals surface area contributed by atoms with E-state index in [2.05, 4.69) is 60.8 Å². The Morgan fingerprint density at radius 1 is 0.677 bits per heavy atom. The van der Waals surface area contributed by atoms with Gasteiger partial charge in [0.05, 0.1) is 0 Å². The van der Waals surface area contributed by atoms with Crippen LogP contribution in [0.3, 0.4) is 0 Å². The van der Waals surface area contributed by atoms with E-state index in [1.807, 2.05) is 6.07 Å². The maximum Gasteiger partial charge on any atom is 0.157 e. The molecule has 0 heterocycles. The lowest BCUT2D eigenvalue weighted by Gasteiger charge is -2.05. The summed E-state index contributed by atoms with van der Waals surface area (Å²) in [6, 6.07) is 5.01. The first-order valence-electron chi connectivity index (χ1n) is 12.1. The van der Waals surface area contributed by atoms with Crippen molar-refractivity contribution in [2.24, 2.45) is 0 Å². The molecule has 0 atom stereocenters. The van der Waals surface area contributed by atoms with Crippen molar-refractivity contribution in [2.75, 3.05) is 13.1 Å². The molecule has 0 radical (unpaired) electrons. The molecular weight excluding hydrogens is 382 g/mol. The van der Waals surface area contributed by atoms with E-state index in [9.17, 15) is 10.2 Å². The van der Waals surface area contributed by atoms with E-state index in [-0.39, 0.29) is 11.5 Å². The van der Waals surface area contributed by atoms with Crippen LogP contribution in [0.15, 0.2) is 66.8 Å². The fourth-order valence-corrected chi connectivity index (χ4v) is 3.16. The molecule has 0 bridgehead atoms. The van der Waals surface area contributed by atoms with Gasteiger partial charge in [0.1, 0.15) is 0 Å². The van der Waals surface area contributed by atoms with E-state index in [1.165, 1.54) is 44.6 Å². The maximum absolute atomic E-state index is 9.49. The van der Waals surface area contributed by atoms with E-state index in [0.29, 0.717) is 0 Å². The first-order chi connectivity index (χ1) is 15.2. The zero-order valence-electron chi connectivity index (χ0n) is 19.4. The van der Waals surface area contributed by atoms with Gasteiger partial charge in [-0.1, -0.05) is 74.4 Å². The molecule has 0 aliphatic rings. The van der Waals surface area contributed by atoms with Gasteiger partial charge in [-0.05, 0) is 88.6 Å². The van der Waals surface area contributed by atoms with E-state index in [1.54, 1.807) is 6.07 Å². The van der Waals surface area contributed by atoms with Crippen molar-refractivity contribution in [3.8, 4) is 11.5 Å². The molecule has 172 valence electrons. The first kappa shape index (κ1) is 26.8. The molecule has 0 unspecified atom stereocenters. The molecule has 0 aliphatic heterocycles. The first-order valence-corrected chi connectivity index (χ1v) is 12.1. The SMILES string of the molecule is CCCCCC=CCC=CCC=CCC=CCCCCNCCc1ccc(O)c(O)c1. The minimum atomic E-state index is -0.0615. The lowest BCUT2D eigenvalue weighted by Crippen LogP contribution is -2.18. The zero-order chi connectivity index (χ0) is 22.4. The van der Waals surface area contributed by atoms with Gasteiger partial charge in [-0.3, -0.25) is 0 Å². The number of aromatic hydroxyl groups is 2. The molecule has 1 aromatic carbocycles. The highest BCUT2D eigenvalue weighted by Gasteiger charge is 2.00. The Morgan fingerprint density at radius 2 is 1.26 bits per heavy atom. The molecular formula is C28H43NO2. The maximum atomic E-state index is 9.49. The molecule has 0 saturated carbocycles. The molecule has 0 saturated heterocycles. The molecule has 3 heteroatoms. The molecule has 3 N–H and O–H groups in total. The van der Waals surface area contributed by atoms with Crippen molar-refractivity contribution < 1.29 is 10.2 Å². The number of allylic oxidation sites excluding steroid dienone is 8. The molecule has 1 rings (SSSR count). The van der Waals surface area contributed by atoms with Gasteiger partial charge in [-0.2, -0.15) is 0 Å². The van der Waals surface area contributed by atoms with Crippen LogP contribution in [0.1, 0.15) is 76.7 Å². The monoisotopic (exact) mass is 425 g/mol. The Kier molecular flexibility index (Phi) is 17.0. The summed E-state index contributed by atoms with van der Waals surface area (Å²) < 4.78 is 0. The van der Waals surface area contributed by atoms with Crippen LogP contribution in [0.4, 0.5) is 0 Å². The van der Waals surface area contributed by atoms with Crippen LogP contribution in [0.5, 0.6) is 11.5 Å². The molecule has 0 aromatic heterocycles. The lowest BCUT2D eigenvalue weighted by atomic mass is 10.1.